The second-order valence-corrected chi connectivity index (χ2v) is 9.54. The molecule has 1 aromatic carbocycles. The van der Waals surface area contributed by atoms with Gasteiger partial charge >= 0.3 is 0 Å². The minimum atomic E-state index is -0.119. The average Bonchev–Trinajstić information content (AvgIpc) is 3.11. The minimum Gasteiger partial charge on any atom is -0.497 e. The number of ether oxygens (including phenoxy) is 1. The molecule has 2 heterocycles. The predicted octanol–water partition coefficient (Wildman–Crippen LogP) is 2.32. The van der Waals surface area contributed by atoms with Crippen LogP contribution in [0, 0.1) is 17.3 Å². The third kappa shape index (κ3) is 4.28. The van der Waals surface area contributed by atoms with Gasteiger partial charge in [-0.25, -0.2) is 0 Å². The quantitative estimate of drug-likeness (QED) is 0.605. The van der Waals surface area contributed by atoms with Crippen molar-refractivity contribution < 1.29 is 14.3 Å². The van der Waals surface area contributed by atoms with Gasteiger partial charge in [0.1, 0.15) is 5.75 Å². The lowest BCUT2D eigenvalue weighted by molar-refractivity contribution is -0.125. The van der Waals surface area contributed by atoms with Crippen LogP contribution in [0.15, 0.2) is 24.4 Å². The first kappa shape index (κ1) is 21.7. The van der Waals surface area contributed by atoms with E-state index in [2.05, 4.69) is 34.4 Å². The van der Waals surface area contributed by atoms with Crippen molar-refractivity contribution in [3.8, 4) is 5.75 Å². The number of aromatic nitrogens is 1. The Kier molecular flexibility index (Phi) is 5.97. The van der Waals surface area contributed by atoms with Gasteiger partial charge in [0.05, 0.1) is 13.2 Å². The Morgan fingerprint density at radius 3 is 2.81 bits per heavy atom. The lowest BCUT2D eigenvalue weighted by atomic mass is 9.99. The number of carbonyl (C=O) groups excluding carboxylic acids is 2. The van der Waals surface area contributed by atoms with Crippen LogP contribution in [0.5, 0.6) is 5.75 Å². The zero-order valence-electron chi connectivity index (χ0n) is 19.0. The molecular weight excluding hydrogens is 392 g/mol. The molecule has 1 saturated carbocycles. The van der Waals surface area contributed by atoms with Crippen LogP contribution in [-0.4, -0.2) is 61.5 Å². The number of rotatable bonds is 8. The molecule has 2 fully saturated rings. The molecule has 1 aliphatic carbocycles. The van der Waals surface area contributed by atoms with Crippen molar-refractivity contribution in [2.45, 2.75) is 39.2 Å². The Labute approximate surface area is 183 Å². The van der Waals surface area contributed by atoms with Gasteiger partial charge in [0.2, 0.25) is 11.8 Å². The Morgan fingerprint density at radius 1 is 1.29 bits per heavy atom. The highest BCUT2D eigenvalue weighted by Crippen LogP contribution is 2.60. The molecule has 3 atom stereocenters. The monoisotopic (exact) mass is 426 g/mol. The molecule has 0 unspecified atom stereocenters. The fraction of sp³-hybridized carbons (Fsp3) is 0.583. The number of benzene rings is 1. The molecule has 3 N–H and O–H groups in total. The zero-order chi connectivity index (χ0) is 22.2. The lowest BCUT2D eigenvalue weighted by Crippen LogP contribution is -2.43. The average molecular weight is 427 g/mol. The smallest absolute Gasteiger partial charge is 0.237 e. The van der Waals surface area contributed by atoms with E-state index in [9.17, 15) is 9.59 Å². The molecule has 168 valence electrons. The van der Waals surface area contributed by atoms with Gasteiger partial charge in [-0.3, -0.25) is 14.5 Å². The molecule has 1 aromatic heterocycles. The summed E-state index contributed by atoms with van der Waals surface area (Å²) in [6.07, 6.45) is 4.42. The molecule has 1 spiro atoms. The van der Waals surface area contributed by atoms with E-state index in [1.165, 1.54) is 5.56 Å². The van der Waals surface area contributed by atoms with E-state index in [1.54, 1.807) is 14.2 Å². The third-order valence-electron chi connectivity index (χ3n) is 6.88. The number of nitrogens with zero attached hydrogens (tertiary/aromatic N) is 1. The van der Waals surface area contributed by atoms with Gasteiger partial charge in [0.25, 0.3) is 0 Å². The molecule has 4 rings (SSSR count). The second kappa shape index (κ2) is 8.54. The van der Waals surface area contributed by atoms with E-state index in [4.69, 9.17) is 4.74 Å². The summed E-state index contributed by atoms with van der Waals surface area (Å²) >= 11 is 0. The van der Waals surface area contributed by atoms with Crippen LogP contribution in [0.25, 0.3) is 10.9 Å². The maximum atomic E-state index is 12.9. The number of H-pyrrole nitrogens is 1. The fourth-order valence-corrected chi connectivity index (χ4v) is 5.23. The summed E-state index contributed by atoms with van der Waals surface area (Å²) in [5.74, 6) is 1.52. The first-order valence-electron chi connectivity index (χ1n) is 11.2. The number of nitrogens with one attached hydrogen (secondary N) is 3. The Hall–Kier alpha value is -2.54. The van der Waals surface area contributed by atoms with Gasteiger partial charge in [-0.2, -0.15) is 0 Å². The van der Waals surface area contributed by atoms with Gasteiger partial charge in [-0.05, 0) is 54.4 Å². The minimum absolute atomic E-state index is 0.0138. The zero-order valence-corrected chi connectivity index (χ0v) is 19.0. The largest absolute Gasteiger partial charge is 0.497 e. The summed E-state index contributed by atoms with van der Waals surface area (Å²) in [6.45, 7) is 6.67. The first-order chi connectivity index (χ1) is 14.9. The molecule has 2 aromatic rings. The molecule has 7 heteroatoms. The van der Waals surface area contributed by atoms with Crippen LogP contribution in [0.2, 0.25) is 0 Å². The summed E-state index contributed by atoms with van der Waals surface area (Å²) in [7, 11) is 3.36. The van der Waals surface area contributed by atoms with Gasteiger partial charge in [-0.1, -0.05) is 13.8 Å². The number of fused-ring (bicyclic) bond motifs is 1. The van der Waals surface area contributed by atoms with Crippen LogP contribution in [0.4, 0.5) is 0 Å². The standard InChI is InChI=1S/C24H34N4O3/c1-15(2)13-28-14-24(11-21(28)23(30)25-3)10-19(24)22(29)26-8-7-16-12-27-20-6-5-17(31-4)9-18(16)20/h5-6,9,12,15,19,21,27H,7-8,10-11,13-14H2,1-4H3,(H,25,30)(H,26,29)/t19-,21+,24+/m1/s1. The van der Waals surface area contributed by atoms with Crippen LogP contribution in [0.1, 0.15) is 32.3 Å². The summed E-state index contributed by atoms with van der Waals surface area (Å²) < 4.78 is 5.33. The maximum absolute atomic E-state index is 12.9. The van der Waals surface area contributed by atoms with Crippen molar-refractivity contribution in [2.24, 2.45) is 17.3 Å². The molecule has 0 bridgehead atoms. The number of amides is 2. The van der Waals surface area contributed by atoms with Gasteiger partial charge in [0, 0.05) is 49.7 Å². The van der Waals surface area contributed by atoms with E-state index < -0.39 is 0 Å². The number of likely N-dealkylation sites (tertiary alicyclic amines) is 1. The van der Waals surface area contributed by atoms with Crippen LogP contribution < -0.4 is 15.4 Å². The summed E-state index contributed by atoms with van der Waals surface area (Å²) in [4.78, 5) is 30.8. The van der Waals surface area contributed by atoms with E-state index in [-0.39, 0.29) is 29.2 Å². The second-order valence-electron chi connectivity index (χ2n) is 9.54. The van der Waals surface area contributed by atoms with Crippen molar-refractivity contribution in [1.29, 1.82) is 0 Å². The van der Waals surface area contributed by atoms with Gasteiger partial charge < -0.3 is 20.4 Å². The maximum Gasteiger partial charge on any atom is 0.237 e. The van der Waals surface area contributed by atoms with E-state index in [1.807, 2.05) is 24.4 Å². The molecule has 31 heavy (non-hydrogen) atoms. The number of aromatic amines is 1. The van der Waals surface area contributed by atoms with Gasteiger partial charge in [-0.15, -0.1) is 0 Å². The number of hydrogen-bond donors (Lipinski definition) is 3. The summed E-state index contributed by atoms with van der Waals surface area (Å²) in [5.41, 5.74) is 2.20. The molecule has 1 saturated heterocycles. The molecule has 0 radical (unpaired) electrons. The SMILES string of the molecule is CNC(=O)[C@@H]1C[C@@]2(C[C@@H]2C(=O)NCCc2c[nH]c3ccc(OC)cc23)CN1CC(C)C. The first-order valence-corrected chi connectivity index (χ1v) is 11.2. The highest BCUT2D eigenvalue weighted by atomic mass is 16.5. The Bertz CT molecular complexity index is 969. The highest BCUT2D eigenvalue weighted by Gasteiger charge is 2.63. The van der Waals surface area contributed by atoms with Crippen LogP contribution >= 0.6 is 0 Å². The highest BCUT2D eigenvalue weighted by molar-refractivity contribution is 5.86. The molecule has 7 nitrogen and oxygen atoms in total. The van der Waals surface area contributed by atoms with Crippen LogP contribution in [0.3, 0.4) is 0 Å². The lowest BCUT2D eigenvalue weighted by Gasteiger charge is -2.24. The summed E-state index contributed by atoms with van der Waals surface area (Å²) in [5, 5.41) is 7.07. The van der Waals surface area contributed by atoms with Crippen molar-refractivity contribution in [3.05, 3.63) is 30.0 Å². The Balaban J connectivity index is 1.34. The fourth-order valence-electron chi connectivity index (χ4n) is 5.23. The van der Waals surface area contributed by atoms with Crippen molar-refractivity contribution in [1.82, 2.24) is 20.5 Å². The third-order valence-corrected chi connectivity index (χ3v) is 6.88. The van der Waals surface area contributed by atoms with Crippen molar-refractivity contribution in [2.75, 3.05) is 33.8 Å². The topological polar surface area (TPSA) is 86.5 Å². The number of likely N-dealkylation sites (N-methyl/N-ethyl adjacent to an activating group) is 1. The van der Waals surface area contributed by atoms with Crippen LogP contribution in [-0.2, 0) is 16.0 Å². The predicted molar refractivity (Wildman–Crippen MR) is 121 cm³/mol. The molecule has 1 aliphatic heterocycles. The van der Waals surface area contributed by atoms with Gasteiger partial charge in [0.15, 0.2) is 0 Å². The van der Waals surface area contributed by atoms with Crippen molar-refractivity contribution in [3.63, 3.8) is 0 Å². The molecular formula is C24H34N4O3. The van der Waals surface area contributed by atoms with Crippen molar-refractivity contribution >= 4 is 22.7 Å². The van der Waals surface area contributed by atoms with E-state index in [0.717, 1.165) is 49.0 Å². The number of methoxy groups -OCH3 is 1. The van der Waals surface area contributed by atoms with E-state index >= 15 is 0 Å². The summed E-state index contributed by atoms with van der Waals surface area (Å²) in [6, 6.07) is 5.86. The number of carbonyl (C=O) groups is 2. The molecule has 2 aliphatic rings. The Morgan fingerprint density at radius 2 is 2.10 bits per heavy atom. The normalized spacial score (nSPS) is 25.3. The number of hydrogen-bond acceptors (Lipinski definition) is 4. The molecule has 2 amide bonds. The van der Waals surface area contributed by atoms with E-state index in [0.29, 0.717) is 12.5 Å².